The van der Waals surface area contributed by atoms with Crippen molar-refractivity contribution >= 4 is 23.3 Å². The van der Waals surface area contributed by atoms with Crippen LogP contribution in [0.1, 0.15) is 54.9 Å². The fourth-order valence-corrected chi connectivity index (χ4v) is 12.1. The van der Waals surface area contributed by atoms with E-state index < -0.39 is 17.4 Å². The van der Waals surface area contributed by atoms with E-state index in [0.717, 1.165) is 0 Å². The van der Waals surface area contributed by atoms with Gasteiger partial charge in [0.25, 0.3) is 0 Å². The highest BCUT2D eigenvalue weighted by atomic mass is 28.4. The van der Waals surface area contributed by atoms with Gasteiger partial charge in [-0.25, -0.2) is 4.79 Å². The maximum absolute atomic E-state index is 11.6. The fourth-order valence-electron chi connectivity index (χ4n) is 3.12. The second-order valence-corrected chi connectivity index (χ2v) is 13.4. The van der Waals surface area contributed by atoms with Gasteiger partial charge in [0.05, 0.1) is 11.8 Å². The predicted molar refractivity (Wildman–Crippen MR) is 114 cm³/mol. The van der Waals surface area contributed by atoms with Gasteiger partial charge in [-0.2, -0.15) is 0 Å². The first-order valence-electron chi connectivity index (χ1n) is 10.3. The minimum absolute atomic E-state index is 0.128. The van der Waals surface area contributed by atoms with Crippen molar-refractivity contribution in [1.82, 2.24) is 0 Å². The Morgan fingerprint density at radius 1 is 0.857 bits per heavy atom. The van der Waals surface area contributed by atoms with Gasteiger partial charge in [0.2, 0.25) is 0 Å². The predicted octanol–water partition coefficient (Wildman–Crippen LogP) is 3.99. The number of hydrogen-bond acceptors (Lipinski definition) is 7. The highest BCUT2D eigenvalue weighted by molar-refractivity contribution is 6.85. The lowest BCUT2D eigenvalue weighted by Gasteiger charge is -2.42. The summed E-state index contributed by atoms with van der Waals surface area (Å²) >= 11 is 0. The molecule has 0 aromatic rings. The molecule has 0 aliphatic carbocycles. The summed E-state index contributed by atoms with van der Waals surface area (Å²) in [7, 11) is -5.79. The van der Waals surface area contributed by atoms with Crippen LogP contribution in [0, 0.1) is 0 Å². The maximum Gasteiger partial charge on any atom is 0.505 e. The molecule has 0 aromatic carbocycles. The number of ether oxygens (including phenoxy) is 1. The number of esters is 1. The van der Waals surface area contributed by atoms with E-state index in [1.54, 1.807) is 6.92 Å². The lowest BCUT2D eigenvalue weighted by molar-refractivity contribution is -0.138. The average molecular weight is 437 g/mol. The first kappa shape index (κ1) is 27.4. The topological polar surface area (TPSA) is 72.5 Å². The molecule has 0 aromatic heterocycles. The minimum Gasteiger partial charge on any atom is -0.462 e. The zero-order chi connectivity index (χ0) is 21.6. The molecule has 7 nitrogen and oxygen atoms in total. The van der Waals surface area contributed by atoms with E-state index >= 15 is 0 Å². The first-order valence-corrected chi connectivity index (χ1v) is 14.2. The Labute approximate surface area is 173 Å². The van der Waals surface area contributed by atoms with Gasteiger partial charge in [0.1, 0.15) is 0 Å². The Kier molecular flexibility index (Phi) is 14.1. The van der Waals surface area contributed by atoms with Crippen molar-refractivity contribution in [2.45, 2.75) is 66.1 Å². The van der Waals surface area contributed by atoms with Gasteiger partial charge >= 0.3 is 23.3 Å². The summed E-state index contributed by atoms with van der Waals surface area (Å²) in [5.41, 5.74) is 0.391. The molecule has 166 valence electrons. The molecule has 0 radical (unpaired) electrons. The molecule has 0 aliphatic rings. The summed E-state index contributed by atoms with van der Waals surface area (Å²) < 4.78 is 36.2. The standard InChI is InChI=1S/C19H40O7Si2/c1-9-22-27(23-10-2,16-14-15-21-19(20)17(6)7)18(8)28(24-11-3,25-12-4)26-13-5/h18H,6,9-16H2,1-5,7-8H3. The molecule has 0 saturated heterocycles. The van der Waals surface area contributed by atoms with Crippen molar-refractivity contribution in [3.8, 4) is 0 Å². The summed E-state index contributed by atoms with van der Waals surface area (Å²) in [5.74, 6) is -0.380. The van der Waals surface area contributed by atoms with Gasteiger partial charge in [-0.05, 0) is 54.0 Å². The zero-order valence-corrected chi connectivity index (χ0v) is 20.8. The van der Waals surface area contributed by atoms with Crippen molar-refractivity contribution in [3.05, 3.63) is 12.2 Å². The largest absolute Gasteiger partial charge is 0.505 e. The van der Waals surface area contributed by atoms with E-state index in [0.29, 0.717) is 57.7 Å². The molecule has 0 spiro atoms. The molecule has 0 bridgehead atoms. The highest BCUT2D eigenvalue weighted by Gasteiger charge is 2.60. The van der Waals surface area contributed by atoms with E-state index in [1.165, 1.54) is 0 Å². The van der Waals surface area contributed by atoms with E-state index in [2.05, 4.69) is 13.5 Å². The summed E-state index contributed by atoms with van der Waals surface area (Å²) in [6.07, 6.45) is 0.629. The van der Waals surface area contributed by atoms with Gasteiger partial charge in [0, 0.05) is 38.6 Å². The van der Waals surface area contributed by atoms with E-state index in [4.69, 9.17) is 26.9 Å². The Balaban J connectivity index is 5.60. The molecule has 28 heavy (non-hydrogen) atoms. The summed E-state index contributed by atoms with van der Waals surface area (Å²) in [5, 5.41) is -0.128. The Bertz CT molecular complexity index is 437. The summed E-state index contributed by atoms with van der Waals surface area (Å²) in [6.45, 7) is 19.9. The molecular formula is C19H40O7Si2. The monoisotopic (exact) mass is 436 g/mol. The molecule has 1 atom stereocenters. The second kappa shape index (κ2) is 14.4. The smallest absolute Gasteiger partial charge is 0.462 e. The van der Waals surface area contributed by atoms with Crippen LogP contribution >= 0.6 is 0 Å². The number of rotatable bonds is 17. The van der Waals surface area contributed by atoms with Crippen molar-refractivity contribution < 1.29 is 31.7 Å². The van der Waals surface area contributed by atoms with Gasteiger partial charge in [-0.1, -0.05) is 13.5 Å². The third-order valence-electron chi connectivity index (χ3n) is 4.26. The van der Waals surface area contributed by atoms with E-state index in [9.17, 15) is 4.79 Å². The molecule has 0 N–H and O–H groups in total. The molecule has 0 heterocycles. The second-order valence-electron chi connectivity index (χ2n) is 6.32. The van der Waals surface area contributed by atoms with Crippen LogP contribution in [0.5, 0.6) is 0 Å². The van der Waals surface area contributed by atoms with Crippen molar-refractivity contribution in [1.29, 1.82) is 0 Å². The minimum atomic E-state index is -3.02. The first-order chi connectivity index (χ1) is 13.3. The van der Waals surface area contributed by atoms with Crippen molar-refractivity contribution in [2.75, 3.05) is 39.6 Å². The van der Waals surface area contributed by atoms with Gasteiger partial charge in [-0.3, -0.25) is 0 Å². The van der Waals surface area contributed by atoms with Crippen molar-refractivity contribution in [3.63, 3.8) is 0 Å². The molecule has 1 unspecified atom stereocenters. The summed E-state index contributed by atoms with van der Waals surface area (Å²) in [6, 6.07) is 0.654. The normalized spacial score (nSPS) is 13.4. The lowest BCUT2D eigenvalue weighted by atomic mass is 10.4. The Hall–Kier alpha value is -0.556. The third kappa shape index (κ3) is 8.05. The van der Waals surface area contributed by atoms with Gasteiger partial charge in [0.15, 0.2) is 0 Å². The molecule has 0 amide bonds. The molecular weight excluding hydrogens is 396 g/mol. The number of carbonyl (C=O) groups excluding carboxylic acids is 1. The SMILES string of the molecule is C=C(C)C(=O)OCCC[Si](OCC)(OCC)C(C)[Si](OCC)(OCC)OCC. The van der Waals surface area contributed by atoms with Gasteiger partial charge in [-0.15, -0.1) is 0 Å². The zero-order valence-electron chi connectivity index (χ0n) is 18.8. The molecule has 0 fully saturated rings. The van der Waals surface area contributed by atoms with Crippen LogP contribution in [0.15, 0.2) is 12.2 Å². The molecule has 9 heteroatoms. The quantitative estimate of drug-likeness (QED) is 0.148. The van der Waals surface area contributed by atoms with Crippen LogP contribution in [0.25, 0.3) is 0 Å². The number of carbonyl (C=O) groups is 1. The molecule has 0 rings (SSSR count). The molecule has 0 aliphatic heterocycles. The molecule has 0 saturated carbocycles. The van der Waals surface area contributed by atoms with Crippen LogP contribution in [0.3, 0.4) is 0 Å². The fraction of sp³-hybridized carbons (Fsp3) is 0.842. The van der Waals surface area contributed by atoms with E-state index in [-0.39, 0.29) is 11.1 Å². The van der Waals surface area contributed by atoms with Crippen LogP contribution in [0.2, 0.25) is 11.2 Å². The third-order valence-corrected chi connectivity index (χ3v) is 13.7. The highest BCUT2D eigenvalue weighted by Crippen LogP contribution is 2.39. The van der Waals surface area contributed by atoms with Gasteiger partial charge < -0.3 is 26.9 Å². The average Bonchev–Trinajstić information content (AvgIpc) is 2.65. The Morgan fingerprint density at radius 3 is 1.64 bits per heavy atom. The lowest BCUT2D eigenvalue weighted by Crippen LogP contribution is -2.61. The number of hydrogen-bond donors (Lipinski definition) is 0. The maximum atomic E-state index is 11.6. The van der Waals surface area contributed by atoms with Crippen LogP contribution in [-0.2, 0) is 31.7 Å². The van der Waals surface area contributed by atoms with Crippen LogP contribution in [-0.4, -0.2) is 63.0 Å². The van der Waals surface area contributed by atoms with Crippen LogP contribution in [0.4, 0.5) is 0 Å². The van der Waals surface area contributed by atoms with Crippen molar-refractivity contribution in [2.24, 2.45) is 0 Å². The van der Waals surface area contributed by atoms with E-state index in [1.807, 2.05) is 34.6 Å². The Morgan fingerprint density at radius 2 is 1.29 bits per heavy atom. The summed E-state index contributed by atoms with van der Waals surface area (Å²) in [4.78, 5) is 11.6. The van der Waals surface area contributed by atoms with Crippen LogP contribution < -0.4 is 0 Å².